The molecule has 0 aromatic carbocycles. The zero-order valence-electron chi connectivity index (χ0n) is 12.5. The van der Waals surface area contributed by atoms with Crippen LogP contribution in [0.3, 0.4) is 0 Å². The maximum atomic E-state index is 11.4. The molecule has 0 atom stereocenters. The first-order valence-corrected chi connectivity index (χ1v) is 7.12. The Hall–Kier alpha value is -2.14. The average molecular weight is 287 g/mol. The minimum absolute atomic E-state index is 0.362. The van der Waals surface area contributed by atoms with E-state index in [1.807, 2.05) is 18.3 Å². The van der Waals surface area contributed by atoms with E-state index in [0.717, 1.165) is 25.2 Å². The number of methoxy groups -OCH3 is 1. The van der Waals surface area contributed by atoms with Crippen molar-refractivity contribution < 1.29 is 9.53 Å². The molecule has 5 nitrogen and oxygen atoms in total. The van der Waals surface area contributed by atoms with Crippen molar-refractivity contribution in [2.45, 2.75) is 26.4 Å². The van der Waals surface area contributed by atoms with E-state index in [4.69, 9.17) is 0 Å². The molecule has 2 aromatic heterocycles. The van der Waals surface area contributed by atoms with Gasteiger partial charge in [0.05, 0.1) is 24.9 Å². The molecule has 2 heterocycles. The number of hydrogen-bond acceptors (Lipinski definition) is 4. The van der Waals surface area contributed by atoms with Crippen LogP contribution in [0.2, 0.25) is 0 Å². The summed E-state index contributed by atoms with van der Waals surface area (Å²) < 4.78 is 6.82. The van der Waals surface area contributed by atoms with Crippen LogP contribution < -0.4 is 5.32 Å². The van der Waals surface area contributed by atoms with E-state index in [9.17, 15) is 4.79 Å². The van der Waals surface area contributed by atoms with Crippen LogP contribution in [0.15, 0.2) is 36.7 Å². The number of ether oxygens (including phenoxy) is 1. The van der Waals surface area contributed by atoms with E-state index in [2.05, 4.69) is 32.6 Å². The molecule has 0 aliphatic rings. The van der Waals surface area contributed by atoms with Crippen LogP contribution in [0.4, 0.5) is 0 Å². The van der Waals surface area contributed by atoms with Gasteiger partial charge in [0, 0.05) is 24.6 Å². The van der Waals surface area contributed by atoms with Gasteiger partial charge in [0.15, 0.2) is 0 Å². The molecule has 0 bridgehead atoms. The first-order chi connectivity index (χ1) is 10.2. The van der Waals surface area contributed by atoms with Crippen molar-refractivity contribution in [3.8, 4) is 0 Å². The summed E-state index contributed by atoms with van der Waals surface area (Å²) in [6.07, 6.45) is 4.72. The van der Waals surface area contributed by atoms with E-state index in [1.54, 1.807) is 12.3 Å². The molecule has 0 fully saturated rings. The Morgan fingerprint density at radius 1 is 1.38 bits per heavy atom. The van der Waals surface area contributed by atoms with Crippen LogP contribution in [0, 0.1) is 0 Å². The van der Waals surface area contributed by atoms with Crippen LogP contribution in [0.1, 0.15) is 35.1 Å². The summed E-state index contributed by atoms with van der Waals surface area (Å²) in [6.45, 7) is 4.70. The highest BCUT2D eigenvalue weighted by Gasteiger charge is 2.07. The number of nitrogens with zero attached hydrogens (tertiary/aromatic N) is 2. The highest BCUT2D eigenvalue weighted by Crippen LogP contribution is 2.08. The van der Waals surface area contributed by atoms with Crippen LogP contribution in [0.5, 0.6) is 0 Å². The molecule has 0 aliphatic heterocycles. The van der Waals surface area contributed by atoms with Gasteiger partial charge in [-0.25, -0.2) is 4.79 Å². The first kappa shape index (κ1) is 15.3. The molecule has 5 heteroatoms. The molecule has 0 amide bonds. The van der Waals surface area contributed by atoms with E-state index in [1.165, 1.54) is 12.8 Å². The lowest BCUT2D eigenvalue weighted by molar-refractivity contribution is 0.0600. The Morgan fingerprint density at radius 3 is 2.90 bits per heavy atom. The minimum Gasteiger partial charge on any atom is -0.465 e. The zero-order chi connectivity index (χ0) is 15.1. The topological polar surface area (TPSA) is 56.2 Å². The molecule has 112 valence electrons. The molecule has 0 spiro atoms. The maximum absolute atomic E-state index is 11.4. The molecule has 21 heavy (non-hydrogen) atoms. The lowest BCUT2D eigenvalue weighted by Gasteiger charge is -2.10. The van der Waals surface area contributed by atoms with Gasteiger partial charge < -0.3 is 14.6 Å². The Kier molecular flexibility index (Phi) is 5.51. The summed E-state index contributed by atoms with van der Waals surface area (Å²) in [7, 11) is 1.37. The molecule has 0 aliphatic carbocycles. The van der Waals surface area contributed by atoms with Crippen molar-refractivity contribution in [1.29, 1.82) is 0 Å². The molecule has 0 saturated heterocycles. The summed E-state index contributed by atoms with van der Waals surface area (Å²) in [4.78, 5) is 15.7. The van der Waals surface area contributed by atoms with Crippen molar-refractivity contribution >= 4 is 5.97 Å². The Balaban J connectivity index is 2.01. The van der Waals surface area contributed by atoms with Gasteiger partial charge in [-0.1, -0.05) is 6.92 Å². The second-order valence-corrected chi connectivity index (χ2v) is 4.83. The number of pyridine rings is 1. The first-order valence-electron chi connectivity index (χ1n) is 7.12. The fourth-order valence-corrected chi connectivity index (χ4v) is 2.09. The Bertz CT molecular complexity index is 575. The molecule has 2 aromatic rings. The van der Waals surface area contributed by atoms with Gasteiger partial charge in [-0.15, -0.1) is 0 Å². The number of hydrogen-bond donors (Lipinski definition) is 1. The smallest absolute Gasteiger partial charge is 0.339 e. The highest BCUT2D eigenvalue weighted by molar-refractivity contribution is 5.88. The normalized spacial score (nSPS) is 10.6. The summed E-state index contributed by atoms with van der Waals surface area (Å²) >= 11 is 0. The number of carbonyl (C=O) groups excluding carboxylic acids is 1. The van der Waals surface area contributed by atoms with Gasteiger partial charge in [-0.3, -0.25) is 4.98 Å². The van der Waals surface area contributed by atoms with Gasteiger partial charge in [-0.05, 0) is 37.2 Å². The summed E-state index contributed by atoms with van der Waals surface area (Å²) in [6, 6.07) is 7.74. The lowest BCUT2D eigenvalue weighted by Crippen LogP contribution is -2.17. The van der Waals surface area contributed by atoms with Crippen molar-refractivity contribution in [3.63, 3.8) is 0 Å². The predicted octanol–water partition coefficient (Wildman–Crippen LogP) is 2.22. The standard InChI is InChI=1S/C16H21N3O2/c1-3-8-17-11-15-5-4-9-19(15)12-14-7-6-13(10-18-14)16(20)21-2/h4-7,9-10,17H,3,8,11-12H2,1-2H3. The third kappa shape index (κ3) is 4.16. The third-order valence-corrected chi connectivity index (χ3v) is 3.23. The van der Waals surface area contributed by atoms with Crippen LogP contribution >= 0.6 is 0 Å². The summed E-state index contributed by atoms with van der Waals surface area (Å²) in [5.41, 5.74) is 2.61. The van der Waals surface area contributed by atoms with E-state index in [-0.39, 0.29) is 5.97 Å². The minimum atomic E-state index is -0.362. The zero-order valence-corrected chi connectivity index (χ0v) is 12.5. The average Bonchev–Trinajstić information content (AvgIpc) is 2.95. The summed E-state index contributed by atoms with van der Waals surface area (Å²) in [5.74, 6) is -0.362. The van der Waals surface area contributed by atoms with Crippen molar-refractivity contribution in [2.75, 3.05) is 13.7 Å². The van der Waals surface area contributed by atoms with E-state index < -0.39 is 0 Å². The largest absolute Gasteiger partial charge is 0.465 e. The fourth-order valence-electron chi connectivity index (χ4n) is 2.09. The van der Waals surface area contributed by atoms with Crippen LogP contribution in [0.25, 0.3) is 0 Å². The third-order valence-electron chi connectivity index (χ3n) is 3.23. The second kappa shape index (κ2) is 7.59. The highest BCUT2D eigenvalue weighted by atomic mass is 16.5. The van der Waals surface area contributed by atoms with Crippen LogP contribution in [-0.4, -0.2) is 29.2 Å². The molecule has 0 saturated carbocycles. The van der Waals surface area contributed by atoms with Gasteiger partial charge >= 0.3 is 5.97 Å². The van der Waals surface area contributed by atoms with E-state index in [0.29, 0.717) is 12.1 Å². The molecule has 1 N–H and O–H groups in total. The lowest BCUT2D eigenvalue weighted by atomic mass is 10.2. The van der Waals surface area contributed by atoms with E-state index >= 15 is 0 Å². The molecular formula is C16H21N3O2. The van der Waals surface area contributed by atoms with Crippen LogP contribution in [-0.2, 0) is 17.8 Å². The molecule has 0 radical (unpaired) electrons. The molecule has 0 unspecified atom stereocenters. The number of rotatable bonds is 7. The number of nitrogens with one attached hydrogen (secondary N) is 1. The van der Waals surface area contributed by atoms with Crippen molar-refractivity contribution in [1.82, 2.24) is 14.9 Å². The molecule has 2 rings (SSSR count). The Morgan fingerprint density at radius 2 is 2.24 bits per heavy atom. The molecular weight excluding hydrogens is 266 g/mol. The fraction of sp³-hybridized carbons (Fsp3) is 0.375. The number of carbonyl (C=O) groups is 1. The SMILES string of the molecule is CCCNCc1cccn1Cc1ccc(C(=O)OC)cn1. The van der Waals surface area contributed by atoms with Crippen molar-refractivity contribution in [3.05, 3.63) is 53.6 Å². The van der Waals surface area contributed by atoms with Gasteiger partial charge in [0.25, 0.3) is 0 Å². The summed E-state index contributed by atoms with van der Waals surface area (Å²) in [5, 5.41) is 3.39. The van der Waals surface area contributed by atoms with Gasteiger partial charge in [0.2, 0.25) is 0 Å². The predicted molar refractivity (Wildman–Crippen MR) is 81.1 cm³/mol. The second-order valence-electron chi connectivity index (χ2n) is 4.83. The van der Waals surface area contributed by atoms with Crippen molar-refractivity contribution in [2.24, 2.45) is 0 Å². The van der Waals surface area contributed by atoms with Gasteiger partial charge in [0.1, 0.15) is 0 Å². The Labute approximate surface area is 125 Å². The quantitative estimate of drug-likeness (QED) is 0.626. The monoisotopic (exact) mass is 287 g/mol. The maximum Gasteiger partial charge on any atom is 0.339 e. The van der Waals surface area contributed by atoms with Gasteiger partial charge in [-0.2, -0.15) is 0 Å². The number of esters is 1. The number of aromatic nitrogens is 2.